The minimum atomic E-state index is 0.419. The van der Waals surface area contributed by atoms with Gasteiger partial charge in [-0.05, 0) is 32.3 Å². The number of aromatic nitrogens is 2. The lowest BCUT2D eigenvalue weighted by Crippen LogP contribution is -2.04. The molecule has 1 rings (SSSR count). The van der Waals surface area contributed by atoms with Crippen LogP contribution >= 0.6 is 23.5 Å². The zero-order valence-electron chi connectivity index (χ0n) is 20.8. The van der Waals surface area contributed by atoms with Crippen LogP contribution in [0.25, 0.3) is 5.57 Å². The van der Waals surface area contributed by atoms with Crippen LogP contribution in [-0.4, -0.2) is 32.4 Å². The summed E-state index contributed by atoms with van der Waals surface area (Å²) in [5, 5.41) is 9.09. The fraction of sp³-hybridized carbons (Fsp3) is 0.615. The molecule has 7 heteroatoms. The molecule has 0 bridgehead atoms. The van der Waals surface area contributed by atoms with Crippen LogP contribution in [0.4, 0.5) is 0 Å². The lowest BCUT2D eigenvalue weighted by atomic mass is 10.0. The molecule has 0 spiro atoms. The predicted molar refractivity (Wildman–Crippen MR) is 147 cm³/mol. The Bertz CT molecular complexity index is 794. The molecule has 1 heterocycles. The summed E-state index contributed by atoms with van der Waals surface area (Å²) in [6, 6.07) is 2.16. The van der Waals surface area contributed by atoms with Crippen LogP contribution in [0.5, 0.6) is 0 Å². The predicted octanol–water partition coefficient (Wildman–Crippen LogP) is 7.02. The molecule has 0 aliphatic rings. The van der Waals surface area contributed by atoms with Crippen LogP contribution in [0.3, 0.4) is 0 Å². The molecule has 2 N–H and O–H groups in total. The number of hydrogen-bond donors (Lipinski definition) is 1. The van der Waals surface area contributed by atoms with Crippen molar-refractivity contribution in [2.75, 3.05) is 18.1 Å². The highest BCUT2D eigenvalue weighted by molar-refractivity contribution is 8.39. The average Bonchev–Trinajstić information content (AvgIpc) is 2.84. The molecule has 0 aliphatic heterocycles. The molecule has 33 heavy (non-hydrogen) atoms. The normalized spacial score (nSPS) is 13.8. The third-order valence-electron chi connectivity index (χ3n) is 5.12. The molecule has 0 aromatic carbocycles. The number of rotatable bonds is 15. The Balaban J connectivity index is 2.67. The summed E-state index contributed by atoms with van der Waals surface area (Å²) in [4.78, 5) is 13.7. The molecule has 182 valence electrons. The number of nitrogens with zero attached hydrogens (tertiary/aromatic N) is 4. The number of unbranched alkanes of at least 4 members (excludes halogenated alkanes) is 5. The van der Waals surface area contributed by atoms with E-state index in [0.717, 1.165) is 27.8 Å². The molecular formula is C26H41N5S2. The van der Waals surface area contributed by atoms with E-state index in [0.29, 0.717) is 29.6 Å². The first kappa shape index (κ1) is 29.4. The van der Waals surface area contributed by atoms with Crippen molar-refractivity contribution in [2.24, 2.45) is 16.6 Å². The van der Waals surface area contributed by atoms with Gasteiger partial charge < -0.3 is 5.73 Å². The Hall–Kier alpha value is -1.62. The molecule has 1 atom stereocenters. The average molecular weight is 488 g/mol. The maximum absolute atomic E-state index is 9.09. The minimum Gasteiger partial charge on any atom is -0.326 e. The first-order valence-corrected chi connectivity index (χ1v) is 14.1. The minimum absolute atomic E-state index is 0.419. The summed E-state index contributed by atoms with van der Waals surface area (Å²) in [6.07, 6.45) is 16.7. The zero-order chi connectivity index (χ0) is 24.3. The van der Waals surface area contributed by atoms with Crippen LogP contribution in [-0.2, 0) is 6.54 Å². The van der Waals surface area contributed by atoms with Gasteiger partial charge in [-0.3, -0.25) is 4.99 Å². The Morgan fingerprint density at radius 3 is 2.45 bits per heavy atom. The zero-order valence-corrected chi connectivity index (χ0v) is 22.5. The lowest BCUT2D eigenvalue weighted by Gasteiger charge is -2.13. The van der Waals surface area contributed by atoms with E-state index in [-0.39, 0.29) is 0 Å². The number of nitriles is 1. The van der Waals surface area contributed by atoms with E-state index in [1.807, 2.05) is 23.9 Å². The van der Waals surface area contributed by atoms with Gasteiger partial charge in [-0.15, -0.1) is 0 Å². The molecule has 0 aliphatic carbocycles. The lowest BCUT2D eigenvalue weighted by molar-refractivity contribution is 0.519. The van der Waals surface area contributed by atoms with E-state index in [1.54, 1.807) is 31.1 Å². The molecule has 0 fully saturated rings. The molecule has 0 radical (unpaired) electrons. The molecule has 1 aromatic rings. The van der Waals surface area contributed by atoms with Crippen molar-refractivity contribution < 1.29 is 0 Å². The summed E-state index contributed by atoms with van der Waals surface area (Å²) < 4.78 is 1.11. The molecule has 0 saturated heterocycles. The van der Waals surface area contributed by atoms with E-state index in [9.17, 15) is 0 Å². The molecular weight excluding hydrogens is 446 g/mol. The van der Waals surface area contributed by atoms with E-state index >= 15 is 0 Å². The van der Waals surface area contributed by atoms with Gasteiger partial charge in [0.1, 0.15) is 4.38 Å². The van der Waals surface area contributed by atoms with Gasteiger partial charge in [-0.1, -0.05) is 82.0 Å². The number of nitrogens with two attached hydrogens (primary N) is 1. The topological polar surface area (TPSA) is 88.0 Å². The smallest absolute Gasteiger partial charge is 0.155 e. The second-order valence-corrected chi connectivity index (χ2v) is 10.5. The van der Waals surface area contributed by atoms with Gasteiger partial charge in [0.15, 0.2) is 5.82 Å². The first-order chi connectivity index (χ1) is 16.0. The summed E-state index contributed by atoms with van der Waals surface area (Å²) in [6.45, 7) is 9.68. The summed E-state index contributed by atoms with van der Waals surface area (Å²) in [5.74, 6) is 3.15. The first-order valence-electron chi connectivity index (χ1n) is 12.1. The van der Waals surface area contributed by atoms with Crippen molar-refractivity contribution in [1.82, 2.24) is 9.97 Å². The fourth-order valence-electron chi connectivity index (χ4n) is 3.05. The number of hydrogen-bond acceptors (Lipinski definition) is 7. The van der Waals surface area contributed by atoms with Crippen LogP contribution in [0.1, 0.15) is 84.0 Å². The fourth-order valence-corrected chi connectivity index (χ4v) is 5.30. The van der Waals surface area contributed by atoms with Gasteiger partial charge in [0.05, 0.1) is 6.07 Å². The van der Waals surface area contributed by atoms with Gasteiger partial charge in [-0.25, -0.2) is 9.97 Å². The van der Waals surface area contributed by atoms with E-state index in [2.05, 4.69) is 36.8 Å². The highest BCUT2D eigenvalue weighted by atomic mass is 32.2. The van der Waals surface area contributed by atoms with Gasteiger partial charge in [-0.2, -0.15) is 5.26 Å². The maximum Gasteiger partial charge on any atom is 0.155 e. The molecule has 1 aromatic heterocycles. The maximum atomic E-state index is 9.09. The Labute approximate surface area is 209 Å². The molecule has 0 amide bonds. The highest BCUT2D eigenvalue weighted by Gasteiger charge is 2.11. The van der Waals surface area contributed by atoms with Gasteiger partial charge in [0, 0.05) is 53.7 Å². The number of aliphatic imine (C=N–C) groups is 1. The quantitative estimate of drug-likeness (QED) is 0.0940. The standard InChI is InChI=1S/C26H41N5S2/c1-5-7-8-9-10-11-12-22(4)19-32-26(29-6-2)33-20-24(14-13-21(3)15-27)25-30-17-23(16-28)18-31-25/h13-14,17-18,22H,5-12,16,19-20,28H2,1-4H3/b21-13+,24-14+,29-26+. The van der Waals surface area contributed by atoms with Crippen molar-refractivity contribution in [1.29, 1.82) is 5.26 Å². The Morgan fingerprint density at radius 2 is 1.82 bits per heavy atom. The van der Waals surface area contributed by atoms with Crippen LogP contribution in [0, 0.1) is 17.2 Å². The Kier molecular flexibility index (Phi) is 16.7. The SMILES string of the molecule is CCCCCCCCC(C)CS/C(=N\CC)SC/C(=C\C=C(/C)C#N)c1ncc(CN)cn1. The molecule has 0 saturated carbocycles. The van der Waals surface area contributed by atoms with Gasteiger partial charge in [0.25, 0.3) is 0 Å². The Morgan fingerprint density at radius 1 is 1.12 bits per heavy atom. The van der Waals surface area contributed by atoms with Crippen molar-refractivity contribution >= 4 is 33.5 Å². The third kappa shape index (κ3) is 13.6. The second kappa shape index (κ2) is 18.8. The summed E-state index contributed by atoms with van der Waals surface area (Å²) in [5.41, 5.74) is 8.20. The number of allylic oxidation sites excluding steroid dienone is 3. The van der Waals surface area contributed by atoms with Crippen molar-refractivity contribution in [2.45, 2.75) is 79.2 Å². The molecule has 1 unspecified atom stereocenters. The summed E-state index contributed by atoms with van der Waals surface area (Å²) in [7, 11) is 0. The van der Waals surface area contributed by atoms with Crippen molar-refractivity contribution in [3.63, 3.8) is 0 Å². The largest absolute Gasteiger partial charge is 0.326 e. The summed E-state index contributed by atoms with van der Waals surface area (Å²) >= 11 is 3.58. The van der Waals surface area contributed by atoms with Crippen molar-refractivity contribution in [3.05, 3.63) is 41.5 Å². The van der Waals surface area contributed by atoms with E-state index in [1.165, 1.54) is 44.9 Å². The van der Waals surface area contributed by atoms with E-state index in [4.69, 9.17) is 16.0 Å². The third-order valence-corrected chi connectivity index (χ3v) is 7.77. The monoisotopic (exact) mass is 487 g/mol. The van der Waals surface area contributed by atoms with Crippen LogP contribution < -0.4 is 5.73 Å². The second-order valence-electron chi connectivity index (χ2n) is 8.27. The number of thioether (sulfide) groups is 2. The van der Waals surface area contributed by atoms with E-state index < -0.39 is 0 Å². The van der Waals surface area contributed by atoms with Crippen LogP contribution in [0.15, 0.2) is 35.1 Å². The van der Waals surface area contributed by atoms with Crippen LogP contribution in [0.2, 0.25) is 0 Å². The van der Waals surface area contributed by atoms with Gasteiger partial charge in [0.2, 0.25) is 0 Å². The van der Waals surface area contributed by atoms with Crippen molar-refractivity contribution in [3.8, 4) is 6.07 Å². The van der Waals surface area contributed by atoms with Gasteiger partial charge >= 0.3 is 0 Å². The molecule has 5 nitrogen and oxygen atoms in total. The highest BCUT2D eigenvalue weighted by Crippen LogP contribution is 2.26.